The Kier molecular flexibility index (Phi) is 7.17. The minimum Gasteiger partial charge on any atom is -0.480 e. The number of hydrogen-bond acceptors (Lipinski definition) is 5. The van der Waals surface area contributed by atoms with Crippen LogP contribution >= 0.6 is 11.8 Å². The number of carboxylic acids is 1. The summed E-state index contributed by atoms with van der Waals surface area (Å²) in [6.07, 6.45) is 0. The van der Waals surface area contributed by atoms with Crippen LogP contribution in [0.5, 0.6) is 0 Å². The average Bonchev–Trinajstić information content (AvgIpc) is 2.62. The molecule has 2 atom stereocenters. The van der Waals surface area contributed by atoms with Gasteiger partial charge >= 0.3 is 5.97 Å². The van der Waals surface area contributed by atoms with Crippen molar-refractivity contribution in [2.75, 3.05) is 19.5 Å². The molecular formula is C19H21NO5S. The first-order valence-electron chi connectivity index (χ1n) is 8.07. The van der Waals surface area contributed by atoms with E-state index < -0.39 is 23.8 Å². The summed E-state index contributed by atoms with van der Waals surface area (Å²) in [6, 6.07) is 12.4. The summed E-state index contributed by atoms with van der Waals surface area (Å²) >= 11 is 0.892. The van der Waals surface area contributed by atoms with Crippen LogP contribution in [-0.4, -0.2) is 47.6 Å². The molecule has 1 unspecified atom stereocenters. The van der Waals surface area contributed by atoms with Crippen LogP contribution in [0.1, 0.15) is 18.4 Å². The van der Waals surface area contributed by atoms with Gasteiger partial charge in [-0.05, 0) is 16.3 Å². The Balaban J connectivity index is 2.21. The van der Waals surface area contributed by atoms with E-state index in [1.807, 2.05) is 42.5 Å². The van der Waals surface area contributed by atoms with Crippen LogP contribution in [0.3, 0.4) is 0 Å². The Hall–Kier alpha value is -2.38. The molecule has 0 aliphatic heterocycles. The number of methoxy groups -OCH3 is 1. The lowest BCUT2D eigenvalue weighted by Crippen LogP contribution is -2.41. The molecule has 7 heteroatoms. The molecule has 2 aromatic rings. The number of thioether (sulfide) groups is 1. The molecule has 26 heavy (non-hydrogen) atoms. The van der Waals surface area contributed by atoms with Gasteiger partial charge in [0.1, 0.15) is 6.04 Å². The Morgan fingerprint density at radius 3 is 2.50 bits per heavy atom. The number of benzene rings is 2. The van der Waals surface area contributed by atoms with E-state index in [-0.39, 0.29) is 17.5 Å². The highest BCUT2D eigenvalue weighted by Crippen LogP contribution is 2.30. The zero-order valence-electron chi connectivity index (χ0n) is 14.6. The number of carboxylic acid groups (broad SMARTS) is 1. The van der Waals surface area contributed by atoms with Crippen molar-refractivity contribution in [3.05, 3.63) is 48.0 Å². The Bertz CT molecular complexity index is 802. The van der Waals surface area contributed by atoms with E-state index in [2.05, 4.69) is 5.32 Å². The fourth-order valence-electron chi connectivity index (χ4n) is 2.69. The quantitative estimate of drug-likeness (QED) is 0.736. The number of amides is 1. The number of carbonyl (C=O) groups excluding carboxylic acids is 2. The third-order valence-corrected chi connectivity index (χ3v) is 4.95. The number of hydrogen-bond donors (Lipinski definition) is 2. The average molecular weight is 375 g/mol. The van der Waals surface area contributed by atoms with E-state index in [0.717, 1.165) is 28.1 Å². The second-order valence-electron chi connectivity index (χ2n) is 5.80. The number of fused-ring (bicyclic) bond motifs is 1. The van der Waals surface area contributed by atoms with E-state index in [1.165, 1.54) is 14.0 Å². The second kappa shape index (κ2) is 9.35. The van der Waals surface area contributed by atoms with Gasteiger partial charge in [0.25, 0.3) is 0 Å². The van der Waals surface area contributed by atoms with Crippen LogP contribution in [0.2, 0.25) is 0 Å². The zero-order valence-corrected chi connectivity index (χ0v) is 15.4. The zero-order chi connectivity index (χ0) is 19.1. The monoisotopic (exact) mass is 375 g/mol. The van der Waals surface area contributed by atoms with Crippen LogP contribution in [-0.2, 0) is 19.1 Å². The molecule has 0 spiro atoms. The third kappa shape index (κ3) is 5.06. The summed E-state index contributed by atoms with van der Waals surface area (Å²) in [5, 5.41) is 13.3. The molecule has 0 heterocycles. The van der Waals surface area contributed by atoms with Gasteiger partial charge in [-0.2, -0.15) is 0 Å². The molecule has 2 rings (SSSR count). The maximum atomic E-state index is 12.8. The smallest absolute Gasteiger partial charge is 0.327 e. The largest absolute Gasteiger partial charge is 0.480 e. The van der Waals surface area contributed by atoms with Crippen molar-refractivity contribution >= 4 is 39.5 Å². The molecule has 138 valence electrons. The third-order valence-electron chi connectivity index (χ3n) is 3.88. The molecule has 2 aromatic carbocycles. The van der Waals surface area contributed by atoms with Gasteiger partial charge < -0.3 is 15.2 Å². The van der Waals surface area contributed by atoms with Gasteiger partial charge in [-0.3, -0.25) is 9.59 Å². The molecule has 0 saturated heterocycles. The first-order chi connectivity index (χ1) is 12.4. The van der Waals surface area contributed by atoms with Gasteiger partial charge in [-0.15, -0.1) is 0 Å². The minimum atomic E-state index is -1.17. The van der Waals surface area contributed by atoms with E-state index in [1.54, 1.807) is 0 Å². The summed E-state index contributed by atoms with van der Waals surface area (Å²) < 4.78 is 5.23. The van der Waals surface area contributed by atoms with Crippen LogP contribution in [0.4, 0.5) is 0 Å². The van der Waals surface area contributed by atoms with Crippen molar-refractivity contribution in [1.29, 1.82) is 0 Å². The predicted molar refractivity (Wildman–Crippen MR) is 101 cm³/mol. The molecule has 1 amide bonds. The van der Waals surface area contributed by atoms with E-state index in [4.69, 9.17) is 4.74 Å². The van der Waals surface area contributed by atoms with Crippen molar-refractivity contribution in [3.63, 3.8) is 0 Å². The summed E-state index contributed by atoms with van der Waals surface area (Å²) in [5.74, 6) is -2.19. The molecule has 6 nitrogen and oxygen atoms in total. The topological polar surface area (TPSA) is 92.7 Å². The van der Waals surface area contributed by atoms with Gasteiger partial charge in [0.15, 0.2) is 5.12 Å². The Labute approximate surface area is 155 Å². The molecule has 2 N–H and O–H groups in total. The standard InChI is InChI=1S/C19H21NO5S/c1-12(21)20-17(18(22)23)11-26-19(24)16(10-25-2)15-9-5-7-13-6-3-4-8-14(13)15/h3-9,16-17H,10-11H2,1-2H3,(H,20,21)(H,22,23)/t16?,17-/m1/s1. The lowest BCUT2D eigenvalue weighted by molar-refractivity contribution is -0.140. The molecule has 0 bridgehead atoms. The number of aliphatic carboxylic acids is 1. The van der Waals surface area contributed by atoms with Crippen molar-refractivity contribution in [2.45, 2.75) is 18.9 Å². The van der Waals surface area contributed by atoms with Crippen molar-refractivity contribution < 1.29 is 24.2 Å². The summed E-state index contributed by atoms with van der Waals surface area (Å²) in [7, 11) is 1.52. The Morgan fingerprint density at radius 1 is 1.15 bits per heavy atom. The lowest BCUT2D eigenvalue weighted by atomic mass is 9.95. The molecule has 0 fully saturated rings. The molecule has 0 aromatic heterocycles. The molecule has 0 aliphatic rings. The van der Waals surface area contributed by atoms with E-state index in [9.17, 15) is 19.5 Å². The van der Waals surface area contributed by atoms with Crippen molar-refractivity contribution in [2.24, 2.45) is 0 Å². The molecule has 0 saturated carbocycles. The normalized spacial score (nSPS) is 13.2. The molecular weight excluding hydrogens is 354 g/mol. The fourth-order valence-corrected chi connectivity index (χ4v) is 3.64. The molecule has 0 aliphatic carbocycles. The maximum Gasteiger partial charge on any atom is 0.327 e. The van der Waals surface area contributed by atoms with E-state index >= 15 is 0 Å². The first-order valence-corrected chi connectivity index (χ1v) is 9.05. The van der Waals surface area contributed by atoms with Crippen LogP contribution in [0.25, 0.3) is 10.8 Å². The highest BCUT2D eigenvalue weighted by molar-refractivity contribution is 8.13. The summed E-state index contributed by atoms with van der Waals surface area (Å²) in [6.45, 7) is 1.43. The van der Waals surface area contributed by atoms with Crippen molar-refractivity contribution in [1.82, 2.24) is 5.32 Å². The Morgan fingerprint density at radius 2 is 1.85 bits per heavy atom. The number of ether oxygens (including phenoxy) is 1. The van der Waals surface area contributed by atoms with Gasteiger partial charge in [0, 0.05) is 19.8 Å². The van der Waals surface area contributed by atoms with Gasteiger partial charge in [0.05, 0.1) is 12.5 Å². The second-order valence-corrected chi connectivity index (χ2v) is 6.82. The molecule has 0 radical (unpaired) electrons. The summed E-state index contributed by atoms with van der Waals surface area (Å²) in [5.41, 5.74) is 0.842. The first kappa shape index (κ1) is 19.9. The van der Waals surface area contributed by atoms with Gasteiger partial charge in [0.2, 0.25) is 5.91 Å². The van der Waals surface area contributed by atoms with Crippen LogP contribution in [0, 0.1) is 0 Å². The number of nitrogens with one attached hydrogen (secondary N) is 1. The number of rotatable bonds is 8. The van der Waals surface area contributed by atoms with E-state index in [0.29, 0.717) is 0 Å². The predicted octanol–water partition coefficient (Wildman–Crippen LogP) is 2.42. The highest BCUT2D eigenvalue weighted by atomic mass is 32.2. The highest BCUT2D eigenvalue weighted by Gasteiger charge is 2.26. The summed E-state index contributed by atoms with van der Waals surface area (Å²) in [4.78, 5) is 35.1. The van der Waals surface area contributed by atoms with Crippen LogP contribution < -0.4 is 5.32 Å². The van der Waals surface area contributed by atoms with Gasteiger partial charge in [-0.1, -0.05) is 54.2 Å². The SMILES string of the molecule is COCC(C(=O)SC[C@@H](NC(C)=O)C(=O)O)c1cccc2ccccc12. The maximum absolute atomic E-state index is 12.8. The van der Waals surface area contributed by atoms with Crippen LogP contribution in [0.15, 0.2) is 42.5 Å². The lowest BCUT2D eigenvalue weighted by Gasteiger charge is -2.18. The van der Waals surface area contributed by atoms with Crippen molar-refractivity contribution in [3.8, 4) is 0 Å². The number of carbonyl (C=O) groups is 3. The van der Waals surface area contributed by atoms with Gasteiger partial charge in [-0.25, -0.2) is 4.79 Å². The fraction of sp³-hybridized carbons (Fsp3) is 0.316. The minimum absolute atomic E-state index is 0.0429.